The summed E-state index contributed by atoms with van der Waals surface area (Å²) in [6.07, 6.45) is 0.417. The number of piperidine rings is 1. The van der Waals surface area contributed by atoms with Crippen LogP contribution in [0.4, 0.5) is 4.79 Å². The molecule has 0 bridgehead atoms. The van der Waals surface area contributed by atoms with Crippen molar-refractivity contribution in [2.45, 2.75) is 38.7 Å². The first-order valence-electron chi connectivity index (χ1n) is 8.19. The van der Waals surface area contributed by atoms with E-state index in [0.29, 0.717) is 19.6 Å². The molecule has 2 N–H and O–H groups in total. The van der Waals surface area contributed by atoms with Crippen molar-refractivity contribution in [2.75, 3.05) is 26.7 Å². The summed E-state index contributed by atoms with van der Waals surface area (Å²) in [7, 11) is 1.65. The summed E-state index contributed by atoms with van der Waals surface area (Å²) in [5.41, 5.74) is 0.967. The maximum atomic E-state index is 12.3. The van der Waals surface area contributed by atoms with E-state index >= 15 is 0 Å². The maximum absolute atomic E-state index is 12.3. The summed E-state index contributed by atoms with van der Waals surface area (Å²) in [6, 6.07) is 7.81. The van der Waals surface area contributed by atoms with Gasteiger partial charge in [-0.25, -0.2) is 4.79 Å². The standard InChI is InChI=1S/C18H28N2O3/c1-13-9-10-20(11-16(13)21)17(22)19-12-18(2,3)14-5-7-15(23-4)8-6-14/h5-8,13,16,21H,9-12H2,1-4H3,(H,19,22). The van der Waals surface area contributed by atoms with Gasteiger partial charge in [0.15, 0.2) is 0 Å². The Morgan fingerprint density at radius 3 is 2.61 bits per heavy atom. The fourth-order valence-electron chi connectivity index (χ4n) is 2.79. The number of β-amino-alcohol motifs (C(OH)–C–C–N with tert-alkyl or cyclic N) is 1. The Bertz CT molecular complexity index is 528. The molecule has 2 rings (SSSR count). The van der Waals surface area contributed by atoms with Crippen LogP contribution in [0.2, 0.25) is 0 Å². The van der Waals surface area contributed by atoms with E-state index in [-0.39, 0.29) is 17.4 Å². The van der Waals surface area contributed by atoms with Gasteiger partial charge in [0.1, 0.15) is 5.75 Å². The maximum Gasteiger partial charge on any atom is 0.317 e. The highest BCUT2D eigenvalue weighted by Crippen LogP contribution is 2.25. The zero-order chi connectivity index (χ0) is 17.0. The second kappa shape index (κ2) is 7.21. The number of urea groups is 1. The molecular formula is C18H28N2O3. The number of hydrogen-bond acceptors (Lipinski definition) is 3. The lowest BCUT2D eigenvalue weighted by Crippen LogP contribution is -2.51. The van der Waals surface area contributed by atoms with E-state index in [0.717, 1.165) is 17.7 Å². The normalized spacial score (nSPS) is 21.9. The van der Waals surface area contributed by atoms with Gasteiger partial charge in [-0.2, -0.15) is 0 Å². The Balaban J connectivity index is 1.91. The molecule has 0 spiro atoms. The highest BCUT2D eigenvalue weighted by molar-refractivity contribution is 5.74. The first-order chi connectivity index (χ1) is 10.8. The molecule has 1 saturated heterocycles. The van der Waals surface area contributed by atoms with Gasteiger partial charge in [0.2, 0.25) is 0 Å². The lowest BCUT2D eigenvalue weighted by Gasteiger charge is -2.35. The average Bonchev–Trinajstić information content (AvgIpc) is 2.55. The van der Waals surface area contributed by atoms with Crippen LogP contribution in [-0.4, -0.2) is 48.9 Å². The van der Waals surface area contributed by atoms with Crippen LogP contribution >= 0.6 is 0 Å². The minimum absolute atomic E-state index is 0.0995. The number of benzene rings is 1. The van der Waals surface area contributed by atoms with Crippen molar-refractivity contribution in [3.63, 3.8) is 0 Å². The van der Waals surface area contributed by atoms with Gasteiger partial charge in [0.05, 0.1) is 13.2 Å². The molecule has 0 aliphatic carbocycles. The van der Waals surface area contributed by atoms with E-state index < -0.39 is 6.10 Å². The van der Waals surface area contributed by atoms with Gasteiger partial charge >= 0.3 is 6.03 Å². The number of aliphatic hydroxyl groups is 1. The number of likely N-dealkylation sites (tertiary alicyclic amines) is 1. The number of methoxy groups -OCH3 is 1. The quantitative estimate of drug-likeness (QED) is 0.895. The van der Waals surface area contributed by atoms with Crippen molar-refractivity contribution in [3.8, 4) is 5.75 Å². The molecule has 2 unspecified atom stereocenters. The van der Waals surface area contributed by atoms with Crippen LogP contribution in [-0.2, 0) is 5.41 Å². The molecule has 1 aliphatic rings. The molecule has 1 aromatic carbocycles. The number of nitrogens with one attached hydrogen (secondary N) is 1. The highest BCUT2D eigenvalue weighted by atomic mass is 16.5. The monoisotopic (exact) mass is 320 g/mol. The Kier molecular flexibility index (Phi) is 5.52. The molecule has 5 nitrogen and oxygen atoms in total. The molecule has 23 heavy (non-hydrogen) atoms. The number of amides is 2. The number of rotatable bonds is 4. The van der Waals surface area contributed by atoms with Gasteiger partial charge in [-0.3, -0.25) is 0 Å². The zero-order valence-electron chi connectivity index (χ0n) is 14.5. The SMILES string of the molecule is COc1ccc(C(C)(C)CNC(=O)N2CCC(C)C(O)C2)cc1. The number of carbonyl (C=O) groups excluding carboxylic acids is 1. The van der Waals surface area contributed by atoms with Crippen molar-refractivity contribution >= 4 is 6.03 Å². The Hall–Kier alpha value is -1.75. The van der Waals surface area contributed by atoms with Crippen LogP contribution in [0.25, 0.3) is 0 Å². The van der Waals surface area contributed by atoms with E-state index in [9.17, 15) is 9.90 Å². The minimum atomic E-state index is -0.427. The van der Waals surface area contributed by atoms with Gasteiger partial charge in [0, 0.05) is 25.0 Å². The fraction of sp³-hybridized carbons (Fsp3) is 0.611. The molecule has 128 valence electrons. The van der Waals surface area contributed by atoms with Crippen LogP contribution in [0, 0.1) is 5.92 Å². The summed E-state index contributed by atoms with van der Waals surface area (Å²) in [5, 5.41) is 12.9. The smallest absolute Gasteiger partial charge is 0.317 e. The molecule has 1 fully saturated rings. The van der Waals surface area contributed by atoms with Gasteiger partial charge in [-0.15, -0.1) is 0 Å². The molecule has 2 amide bonds. The van der Waals surface area contributed by atoms with Crippen molar-refractivity contribution in [3.05, 3.63) is 29.8 Å². The van der Waals surface area contributed by atoms with Crippen LogP contribution in [0.15, 0.2) is 24.3 Å². The van der Waals surface area contributed by atoms with Crippen LogP contribution < -0.4 is 10.1 Å². The van der Waals surface area contributed by atoms with Crippen LogP contribution in [0.5, 0.6) is 5.75 Å². The lowest BCUT2D eigenvalue weighted by molar-refractivity contribution is 0.0434. The molecule has 0 saturated carbocycles. The predicted octanol–water partition coefficient (Wildman–Crippen LogP) is 2.39. The first-order valence-corrected chi connectivity index (χ1v) is 8.19. The predicted molar refractivity (Wildman–Crippen MR) is 90.8 cm³/mol. The molecule has 1 aliphatic heterocycles. The summed E-state index contributed by atoms with van der Waals surface area (Å²) in [5.74, 6) is 1.08. The van der Waals surface area contributed by atoms with Crippen molar-refractivity contribution < 1.29 is 14.6 Å². The molecule has 2 atom stereocenters. The molecule has 1 aromatic rings. The summed E-state index contributed by atoms with van der Waals surface area (Å²) in [6.45, 7) is 7.88. The van der Waals surface area contributed by atoms with Crippen LogP contribution in [0.3, 0.4) is 0 Å². The third-order valence-electron chi connectivity index (χ3n) is 4.76. The highest BCUT2D eigenvalue weighted by Gasteiger charge is 2.28. The van der Waals surface area contributed by atoms with Gasteiger partial charge < -0.3 is 20.1 Å². The van der Waals surface area contributed by atoms with Crippen molar-refractivity contribution in [1.82, 2.24) is 10.2 Å². The summed E-state index contributed by atoms with van der Waals surface area (Å²) < 4.78 is 5.18. The number of nitrogens with zero attached hydrogens (tertiary/aromatic N) is 1. The van der Waals surface area contributed by atoms with Crippen LogP contribution in [0.1, 0.15) is 32.8 Å². The zero-order valence-corrected chi connectivity index (χ0v) is 14.5. The molecule has 1 heterocycles. The summed E-state index contributed by atoms with van der Waals surface area (Å²) in [4.78, 5) is 14.0. The van der Waals surface area contributed by atoms with Gasteiger partial charge in [-0.1, -0.05) is 32.9 Å². The second-order valence-corrected chi connectivity index (χ2v) is 7.05. The van der Waals surface area contributed by atoms with E-state index in [1.165, 1.54) is 0 Å². The Morgan fingerprint density at radius 1 is 1.39 bits per heavy atom. The molecular weight excluding hydrogens is 292 g/mol. The third kappa shape index (κ3) is 4.38. The minimum Gasteiger partial charge on any atom is -0.497 e. The number of aliphatic hydroxyl groups excluding tert-OH is 1. The fourth-order valence-corrected chi connectivity index (χ4v) is 2.79. The summed E-state index contributed by atoms with van der Waals surface area (Å²) >= 11 is 0. The molecule has 0 aromatic heterocycles. The third-order valence-corrected chi connectivity index (χ3v) is 4.76. The Labute approximate surface area is 138 Å². The average molecular weight is 320 g/mol. The number of carbonyl (C=O) groups is 1. The van der Waals surface area contributed by atoms with Crippen molar-refractivity contribution in [1.29, 1.82) is 0 Å². The topological polar surface area (TPSA) is 61.8 Å². The van der Waals surface area contributed by atoms with E-state index in [1.54, 1.807) is 12.0 Å². The van der Waals surface area contributed by atoms with Gasteiger partial charge in [-0.05, 0) is 30.0 Å². The number of hydrogen-bond donors (Lipinski definition) is 2. The first kappa shape index (κ1) is 17.6. The van der Waals surface area contributed by atoms with E-state index in [1.807, 2.05) is 31.2 Å². The van der Waals surface area contributed by atoms with Gasteiger partial charge in [0.25, 0.3) is 0 Å². The number of ether oxygens (including phenoxy) is 1. The van der Waals surface area contributed by atoms with Crippen molar-refractivity contribution in [2.24, 2.45) is 5.92 Å². The van der Waals surface area contributed by atoms with E-state index in [4.69, 9.17) is 4.74 Å². The molecule has 5 heteroatoms. The molecule has 0 radical (unpaired) electrons. The largest absolute Gasteiger partial charge is 0.497 e. The van der Waals surface area contributed by atoms with E-state index in [2.05, 4.69) is 19.2 Å². The second-order valence-electron chi connectivity index (χ2n) is 7.05. The lowest BCUT2D eigenvalue weighted by atomic mass is 9.84. The Morgan fingerprint density at radius 2 is 2.04 bits per heavy atom.